The molecular formula is C10H10O4. The lowest BCUT2D eigenvalue weighted by atomic mass is 10.2. The van der Waals surface area contributed by atoms with Gasteiger partial charge in [-0.25, -0.2) is 4.79 Å². The number of carbonyl (C=O) groups is 2. The van der Waals surface area contributed by atoms with Gasteiger partial charge in [0.1, 0.15) is 12.0 Å². The molecule has 0 heterocycles. The minimum absolute atomic E-state index is 0.256. The molecule has 0 N–H and O–H groups in total. The molecule has 0 aliphatic carbocycles. The van der Waals surface area contributed by atoms with E-state index < -0.39 is 6.16 Å². The summed E-state index contributed by atoms with van der Waals surface area (Å²) in [6.45, 7) is 1.94. The van der Waals surface area contributed by atoms with Gasteiger partial charge in [-0.3, -0.25) is 4.79 Å². The molecule has 4 heteroatoms. The van der Waals surface area contributed by atoms with Crippen molar-refractivity contribution in [3.63, 3.8) is 0 Å². The van der Waals surface area contributed by atoms with Gasteiger partial charge < -0.3 is 9.47 Å². The second kappa shape index (κ2) is 5.01. The van der Waals surface area contributed by atoms with Crippen molar-refractivity contribution in [3.05, 3.63) is 29.8 Å². The topological polar surface area (TPSA) is 52.6 Å². The van der Waals surface area contributed by atoms with Crippen LogP contribution in [0.2, 0.25) is 0 Å². The summed E-state index contributed by atoms with van der Waals surface area (Å²) in [7, 11) is 0. The average molecular weight is 194 g/mol. The van der Waals surface area contributed by atoms with Gasteiger partial charge in [0.25, 0.3) is 0 Å². The van der Waals surface area contributed by atoms with Crippen molar-refractivity contribution in [3.8, 4) is 5.75 Å². The fourth-order valence-electron chi connectivity index (χ4n) is 0.895. The fourth-order valence-corrected chi connectivity index (χ4v) is 0.895. The van der Waals surface area contributed by atoms with E-state index in [2.05, 4.69) is 4.74 Å². The molecule has 0 fully saturated rings. The molecule has 0 spiro atoms. The lowest BCUT2D eigenvalue weighted by molar-refractivity contribution is 0.104. The van der Waals surface area contributed by atoms with Crippen molar-refractivity contribution in [1.29, 1.82) is 0 Å². The van der Waals surface area contributed by atoms with E-state index in [-0.39, 0.29) is 6.61 Å². The monoisotopic (exact) mass is 194 g/mol. The maximum Gasteiger partial charge on any atom is 0.513 e. The highest BCUT2D eigenvalue weighted by molar-refractivity contribution is 5.76. The second-order valence-electron chi connectivity index (χ2n) is 2.48. The highest BCUT2D eigenvalue weighted by atomic mass is 16.7. The highest BCUT2D eigenvalue weighted by Gasteiger charge is 2.04. The van der Waals surface area contributed by atoms with Crippen molar-refractivity contribution in [1.82, 2.24) is 0 Å². The number of aldehydes is 1. The quantitative estimate of drug-likeness (QED) is 0.419. The minimum atomic E-state index is -0.768. The Morgan fingerprint density at radius 2 is 2.29 bits per heavy atom. The number of hydrogen-bond acceptors (Lipinski definition) is 4. The maximum atomic E-state index is 10.9. The maximum absolute atomic E-state index is 10.9. The largest absolute Gasteiger partial charge is 0.513 e. The SMILES string of the molecule is CCOC(=O)Oc1cccc(C=O)c1. The van der Waals surface area contributed by atoms with Crippen LogP contribution in [0.15, 0.2) is 24.3 Å². The summed E-state index contributed by atoms with van der Waals surface area (Å²) in [6.07, 6.45) is -0.0894. The number of benzene rings is 1. The second-order valence-corrected chi connectivity index (χ2v) is 2.48. The van der Waals surface area contributed by atoms with Crippen LogP contribution in [0.5, 0.6) is 5.75 Å². The Bertz CT molecular complexity index is 333. The van der Waals surface area contributed by atoms with E-state index in [1.165, 1.54) is 6.07 Å². The molecule has 0 aliphatic heterocycles. The molecular weight excluding hydrogens is 184 g/mol. The lowest BCUT2D eigenvalue weighted by Gasteiger charge is -2.03. The molecule has 74 valence electrons. The van der Waals surface area contributed by atoms with Crippen molar-refractivity contribution in [2.45, 2.75) is 6.92 Å². The van der Waals surface area contributed by atoms with Crippen molar-refractivity contribution in [2.75, 3.05) is 6.61 Å². The third-order valence-corrected chi connectivity index (χ3v) is 1.46. The molecule has 1 aromatic carbocycles. The molecule has 4 nitrogen and oxygen atoms in total. The van der Waals surface area contributed by atoms with Gasteiger partial charge >= 0.3 is 6.16 Å². The van der Waals surface area contributed by atoms with E-state index in [1.54, 1.807) is 25.1 Å². The van der Waals surface area contributed by atoms with E-state index in [0.717, 1.165) is 0 Å². The Hall–Kier alpha value is -1.84. The first-order chi connectivity index (χ1) is 6.76. The van der Waals surface area contributed by atoms with Crippen LogP contribution in [0.4, 0.5) is 4.79 Å². The van der Waals surface area contributed by atoms with Gasteiger partial charge in [0.15, 0.2) is 0 Å². The molecule has 1 aromatic rings. The zero-order valence-electron chi connectivity index (χ0n) is 7.73. The van der Waals surface area contributed by atoms with Crippen molar-refractivity contribution in [2.24, 2.45) is 0 Å². The first-order valence-corrected chi connectivity index (χ1v) is 4.16. The van der Waals surface area contributed by atoms with Gasteiger partial charge in [0, 0.05) is 5.56 Å². The summed E-state index contributed by atoms with van der Waals surface area (Å²) >= 11 is 0. The normalized spacial score (nSPS) is 9.21. The molecule has 0 radical (unpaired) electrons. The molecule has 0 saturated heterocycles. The number of ether oxygens (including phenoxy) is 2. The smallest absolute Gasteiger partial charge is 0.434 e. The Labute approximate surface area is 81.4 Å². The van der Waals surface area contributed by atoms with Gasteiger partial charge in [-0.1, -0.05) is 12.1 Å². The predicted molar refractivity (Wildman–Crippen MR) is 49.5 cm³/mol. The van der Waals surface area contributed by atoms with Crippen LogP contribution in [0.1, 0.15) is 17.3 Å². The van der Waals surface area contributed by atoms with Crippen molar-refractivity contribution < 1.29 is 19.1 Å². The van der Waals surface area contributed by atoms with Gasteiger partial charge in [-0.15, -0.1) is 0 Å². The third-order valence-electron chi connectivity index (χ3n) is 1.46. The Morgan fingerprint density at radius 1 is 1.50 bits per heavy atom. The summed E-state index contributed by atoms with van der Waals surface area (Å²) < 4.78 is 9.35. The zero-order valence-corrected chi connectivity index (χ0v) is 7.73. The lowest BCUT2D eigenvalue weighted by Crippen LogP contribution is -2.10. The zero-order chi connectivity index (χ0) is 10.4. The van der Waals surface area contributed by atoms with E-state index in [9.17, 15) is 9.59 Å². The Kier molecular flexibility index (Phi) is 3.67. The molecule has 0 saturated carbocycles. The summed E-state index contributed by atoms with van der Waals surface area (Å²) in [5.74, 6) is 0.299. The van der Waals surface area contributed by atoms with Gasteiger partial charge in [0.2, 0.25) is 0 Å². The van der Waals surface area contributed by atoms with Crippen LogP contribution in [0.25, 0.3) is 0 Å². The first-order valence-electron chi connectivity index (χ1n) is 4.16. The standard InChI is InChI=1S/C10H10O4/c1-2-13-10(12)14-9-5-3-4-8(6-9)7-11/h3-7H,2H2,1H3. The van der Waals surface area contributed by atoms with Crippen LogP contribution in [0.3, 0.4) is 0 Å². The number of hydrogen-bond donors (Lipinski definition) is 0. The van der Waals surface area contributed by atoms with Crippen LogP contribution in [-0.2, 0) is 4.74 Å². The van der Waals surface area contributed by atoms with E-state index in [0.29, 0.717) is 17.6 Å². The minimum Gasteiger partial charge on any atom is -0.434 e. The van der Waals surface area contributed by atoms with E-state index >= 15 is 0 Å². The van der Waals surface area contributed by atoms with E-state index in [4.69, 9.17) is 4.74 Å². The summed E-state index contributed by atoms with van der Waals surface area (Å²) in [5.41, 5.74) is 0.451. The summed E-state index contributed by atoms with van der Waals surface area (Å²) in [5, 5.41) is 0. The highest BCUT2D eigenvalue weighted by Crippen LogP contribution is 2.12. The first kappa shape index (κ1) is 10.2. The van der Waals surface area contributed by atoms with E-state index in [1.807, 2.05) is 0 Å². The molecule has 0 atom stereocenters. The van der Waals surface area contributed by atoms with Crippen LogP contribution in [-0.4, -0.2) is 19.0 Å². The predicted octanol–water partition coefficient (Wildman–Crippen LogP) is 2.03. The van der Waals surface area contributed by atoms with Gasteiger partial charge in [0.05, 0.1) is 6.61 Å². The Balaban J connectivity index is 2.66. The average Bonchev–Trinajstić information content (AvgIpc) is 2.18. The molecule has 0 aromatic heterocycles. The fraction of sp³-hybridized carbons (Fsp3) is 0.200. The number of rotatable bonds is 3. The molecule has 14 heavy (non-hydrogen) atoms. The van der Waals surface area contributed by atoms with Crippen LogP contribution in [0, 0.1) is 0 Å². The van der Waals surface area contributed by atoms with Crippen LogP contribution < -0.4 is 4.74 Å². The molecule has 0 unspecified atom stereocenters. The Morgan fingerprint density at radius 3 is 2.93 bits per heavy atom. The molecule has 1 rings (SSSR count). The third kappa shape index (κ3) is 2.90. The molecule has 0 bridgehead atoms. The number of carbonyl (C=O) groups excluding carboxylic acids is 2. The summed E-state index contributed by atoms with van der Waals surface area (Å²) in [4.78, 5) is 21.3. The molecule has 0 amide bonds. The van der Waals surface area contributed by atoms with Crippen LogP contribution >= 0.6 is 0 Å². The van der Waals surface area contributed by atoms with Gasteiger partial charge in [-0.2, -0.15) is 0 Å². The van der Waals surface area contributed by atoms with Crippen molar-refractivity contribution >= 4 is 12.4 Å². The molecule has 0 aliphatic rings. The summed E-state index contributed by atoms with van der Waals surface area (Å²) in [6, 6.07) is 6.27. The van der Waals surface area contributed by atoms with Gasteiger partial charge in [-0.05, 0) is 19.1 Å².